The SMILES string of the molecule is CC(=O)c1ccc(S(=O)(=O)N2CCCCC2C(=O)N2CCc3ccc([N+](=O)[O-])cc32)cc1. The van der Waals surface area contributed by atoms with E-state index in [1.54, 1.807) is 6.07 Å². The van der Waals surface area contributed by atoms with Crippen LogP contribution in [0, 0.1) is 10.1 Å². The van der Waals surface area contributed by atoms with Crippen LogP contribution in [0.25, 0.3) is 0 Å². The molecule has 1 saturated heterocycles. The van der Waals surface area contributed by atoms with Gasteiger partial charge in [-0.05, 0) is 43.9 Å². The second kappa shape index (κ2) is 8.44. The molecule has 2 aromatic rings. The van der Waals surface area contributed by atoms with E-state index in [0.717, 1.165) is 5.56 Å². The maximum atomic E-state index is 13.5. The van der Waals surface area contributed by atoms with Gasteiger partial charge in [0, 0.05) is 30.8 Å². The molecule has 168 valence electrons. The minimum atomic E-state index is -3.96. The van der Waals surface area contributed by atoms with Crippen molar-refractivity contribution >= 4 is 33.1 Å². The van der Waals surface area contributed by atoms with Gasteiger partial charge in [-0.1, -0.05) is 24.6 Å². The number of benzene rings is 2. The van der Waals surface area contributed by atoms with Gasteiger partial charge in [-0.25, -0.2) is 8.42 Å². The number of carbonyl (C=O) groups excluding carboxylic acids is 2. The number of ketones is 1. The number of fused-ring (bicyclic) bond motifs is 1. The van der Waals surface area contributed by atoms with E-state index in [0.29, 0.717) is 43.5 Å². The minimum absolute atomic E-state index is 0.0275. The first-order valence-corrected chi connectivity index (χ1v) is 11.9. The molecule has 0 N–H and O–H groups in total. The van der Waals surface area contributed by atoms with Crippen LogP contribution in [-0.2, 0) is 21.2 Å². The minimum Gasteiger partial charge on any atom is -0.310 e. The third kappa shape index (κ3) is 3.91. The van der Waals surface area contributed by atoms with Crippen molar-refractivity contribution in [3.05, 3.63) is 63.7 Å². The summed E-state index contributed by atoms with van der Waals surface area (Å²) in [4.78, 5) is 37.2. The van der Waals surface area contributed by atoms with Crippen LogP contribution in [0.15, 0.2) is 47.4 Å². The monoisotopic (exact) mass is 457 g/mol. The molecule has 0 aromatic heterocycles. The number of Topliss-reactive ketones (excluding diaryl/α,β-unsaturated/α-hetero) is 1. The van der Waals surface area contributed by atoms with E-state index in [4.69, 9.17) is 0 Å². The number of rotatable bonds is 5. The van der Waals surface area contributed by atoms with Crippen molar-refractivity contribution in [1.82, 2.24) is 4.31 Å². The molecule has 2 aromatic carbocycles. The number of amides is 1. The van der Waals surface area contributed by atoms with Crippen LogP contribution in [0.1, 0.15) is 42.1 Å². The van der Waals surface area contributed by atoms with Crippen molar-refractivity contribution in [2.24, 2.45) is 0 Å². The van der Waals surface area contributed by atoms with Crippen molar-refractivity contribution in [3.8, 4) is 0 Å². The fourth-order valence-electron chi connectivity index (χ4n) is 4.33. The van der Waals surface area contributed by atoms with Gasteiger partial charge in [0.05, 0.1) is 15.5 Å². The average Bonchev–Trinajstić information content (AvgIpc) is 3.22. The second-order valence-electron chi connectivity index (χ2n) is 8.02. The molecule has 2 heterocycles. The summed E-state index contributed by atoms with van der Waals surface area (Å²) in [6, 6.07) is 9.25. The van der Waals surface area contributed by atoms with Gasteiger partial charge >= 0.3 is 0 Å². The van der Waals surface area contributed by atoms with Crippen LogP contribution in [0.2, 0.25) is 0 Å². The number of piperidine rings is 1. The molecule has 2 aliphatic heterocycles. The molecule has 9 nitrogen and oxygen atoms in total. The Labute approximate surface area is 185 Å². The third-order valence-electron chi connectivity index (χ3n) is 6.05. The van der Waals surface area contributed by atoms with E-state index in [9.17, 15) is 28.1 Å². The number of nitro groups is 1. The molecular weight excluding hydrogens is 434 g/mol. The second-order valence-corrected chi connectivity index (χ2v) is 9.91. The number of non-ortho nitro benzene ring substituents is 1. The summed E-state index contributed by atoms with van der Waals surface area (Å²) in [7, 11) is -3.96. The summed E-state index contributed by atoms with van der Waals surface area (Å²) < 4.78 is 28.0. The van der Waals surface area contributed by atoms with E-state index in [1.807, 2.05) is 0 Å². The van der Waals surface area contributed by atoms with Gasteiger partial charge in [-0.15, -0.1) is 0 Å². The molecule has 32 heavy (non-hydrogen) atoms. The number of hydrogen-bond donors (Lipinski definition) is 0. The Bertz CT molecular complexity index is 1190. The average molecular weight is 458 g/mol. The Morgan fingerprint density at radius 3 is 2.44 bits per heavy atom. The molecule has 1 atom stereocenters. The van der Waals surface area contributed by atoms with Gasteiger partial charge in [-0.3, -0.25) is 19.7 Å². The van der Waals surface area contributed by atoms with Gasteiger partial charge in [-0.2, -0.15) is 4.31 Å². The molecule has 1 amide bonds. The Balaban J connectivity index is 1.65. The molecule has 0 spiro atoms. The first kappa shape index (κ1) is 22.1. The Kier molecular flexibility index (Phi) is 5.83. The maximum Gasteiger partial charge on any atom is 0.271 e. The highest BCUT2D eigenvalue weighted by Gasteiger charge is 2.41. The number of nitro benzene ring substituents is 1. The zero-order chi connectivity index (χ0) is 23.0. The van der Waals surface area contributed by atoms with Crippen molar-refractivity contribution in [2.75, 3.05) is 18.0 Å². The summed E-state index contributed by atoms with van der Waals surface area (Å²) in [5, 5.41) is 11.2. The van der Waals surface area contributed by atoms with Gasteiger partial charge in [0.2, 0.25) is 15.9 Å². The number of anilines is 1. The lowest BCUT2D eigenvalue weighted by Crippen LogP contribution is -2.52. The number of nitrogens with zero attached hydrogens (tertiary/aromatic N) is 3. The first-order chi connectivity index (χ1) is 15.2. The van der Waals surface area contributed by atoms with E-state index >= 15 is 0 Å². The predicted molar refractivity (Wildman–Crippen MR) is 117 cm³/mol. The molecule has 10 heteroatoms. The van der Waals surface area contributed by atoms with E-state index in [1.165, 1.54) is 52.5 Å². The molecule has 2 aliphatic rings. The highest BCUT2D eigenvalue weighted by atomic mass is 32.2. The normalized spacial score (nSPS) is 18.9. The van der Waals surface area contributed by atoms with Crippen molar-refractivity contribution < 1.29 is 22.9 Å². The lowest BCUT2D eigenvalue weighted by Gasteiger charge is -2.36. The van der Waals surface area contributed by atoms with Crippen molar-refractivity contribution in [3.63, 3.8) is 0 Å². The summed E-state index contributed by atoms with van der Waals surface area (Å²) in [6.07, 6.45) is 2.29. The molecular formula is C22H23N3O6S. The van der Waals surface area contributed by atoms with Crippen LogP contribution < -0.4 is 4.90 Å². The Morgan fingerprint density at radius 2 is 1.78 bits per heavy atom. The van der Waals surface area contributed by atoms with E-state index in [-0.39, 0.29) is 28.8 Å². The van der Waals surface area contributed by atoms with Gasteiger partial charge < -0.3 is 4.90 Å². The van der Waals surface area contributed by atoms with Gasteiger partial charge in [0.25, 0.3) is 5.69 Å². The molecule has 0 aliphatic carbocycles. The largest absolute Gasteiger partial charge is 0.310 e. The van der Waals surface area contributed by atoms with Gasteiger partial charge in [0.1, 0.15) is 6.04 Å². The maximum absolute atomic E-state index is 13.5. The first-order valence-electron chi connectivity index (χ1n) is 10.4. The molecule has 1 unspecified atom stereocenters. The standard InChI is InChI=1S/C22H23N3O6S/c1-15(26)16-6-9-19(10-7-16)32(30,31)24-12-3-2-4-20(24)22(27)23-13-11-17-5-8-18(25(28)29)14-21(17)23/h5-10,14,20H,2-4,11-13H2,1H3. The quantitative estimate of drug-likeness (QED) is 0.387. The molecule has 0 bridgehead atoms. The lowest BCUT2D eigenvalue weighted by atomic mass is 10.0. The fraction of sp³-hybridized carbons (Fsp3) is 0.364. The summed E-state index contributed by atoms with van der Waals surface area (Å²) in [6.45, 7) is 1.97. The predicted octanol–water partition coefficient (Wildman–Crippen LogP) is 2.93. The molecule has 0 radical (unpaired) electrons. The molecule has 1 fully saturated rings. The molecule has 4 rings (SSSR count). The highest BCUT2D eigenvalue weighted by Crippen LogP contribution is 2.34. The van der Waals surface area contributed by atoms with Crippen molar-refractivity contribution in [1.29, 1.82) is 0 Å². The Morgan fingerprint density at radius 1 is 1.06 bits per heavy atom. The zero-order valence-electron chi connectivity index (χ0n) is 17.6. The topological polar surface area (TPSA) is 118 Å². The Hall–Kier alpha value is -3.11. The van der Waals surface area contributed by atoms with Crippen LogP contribution in [0.4, 0.5) is 11.4 Å². The van der Waals surface area contributed by atoms with Crippen LogP contribution in [0.5, 0.6) is 0 Å². The number of carbonyl (C=O) groups is 2. The third-order valence-corrected chi connectivity index (χ3v) is 7.97. The zero-order valence-corrected chi connectivity index (χ0v) is 18.4. The van der Waals surface area contributed by atoms with E-state index < -0.39 is 21.0 Å². The lowest BCUT2D eigenvalue weighted by molar-refractivity contribution is -0.384. The number of hydrogen-bond acceptors (Lipinski definition) is 6. The van der Waals surface area contributed by atoms with Gasteiger partial charge in [0.15, 0.2) is 5.78 Å². The van der Waals surface area contributed by atoms with Crippen LogP contribution in [0.3, 0.4) is 0 Å². The van der Waals surface area contributed by atoms with E-state index in [2.05, 4.69) is 0 Å². The van der Waals surface area contributed by atoms with Crippen molar-refractivity contribution in [2.45, 2.75) is 43.5 Å². The summed E-state index contributed by atoms with van der Waals surface area (Å²) >= 11 is 0. The fourth-order valence-corrected chi connectivity index (χ4v) is 5.98. The van der Waals surface area contributed by atoms with Crippen LogP contribution in [-0.4, -0.2) is 48.5 Å². The van der Waals surface area contributed by atoms with Crippen LogP contribution >= 0.6 is 0 Å². The smallest absolute Gasteiger partial charge is 0.271 e. The summed E-state index contributed by atoms with van der Waals surface area (Å²) in [5.74, 6) is -0.533. The number of sulfonamides is 1. The summed E-state index contributed by atoms with van der Waals surface area (Å²) in [5.41, 5.74) is 1.60. The highest BCUT2D eigenvalue weighted by molar-refractivity contribution is 7.89. The molecule has 0 saturated carbocycles.